The van der Waals surface area contributed by atoms with Crippen LogP contribution in [0.25, 0.3) is 22.0 Å². The number of hydrogen-bond donors (Lipinski definition) is 2. The summed E-state index contributed by atoms with van der Waals surface area (Å²) in [6, 6.07) is 8.56. The standard InChI is InChI=1S/C25H30F2N6O/c1-32(2)11-4-12-34-25-30-23-18(24(31-25)33-13-15-7-8-16(14-33)29-15)10-9-17(22(23)27)21-19(26)5-3-6-20(21)28/h3,5-6,9-10,15-16,29H,4,7-8,11-14,28H2,1-2H3. The molecule has 0 amide bonds. The van der Waals surface area contributed by atoms with Crippen LogP contribution in [-0.4, -0.2) is 67.3 Å². The fourth-order valence-corrected chi connectivity index (χ4v) is 4.96. The number of benzene rings is 2. The summed E-state index contributed by atoms with van der Waals surface area (Å²) in [4.78, 5) is 13.4. The van der Waals surface area contributed by atoms with Gasteiger partial charge in [0, 0.05) is 53.9 Å². The first-order chi connectivity index (χ1) is 16.4. The largest absolute Gasteiger partial charge is 0.463 e. The summed E-state index contributed by atoms with van der Waals surface area (Å²) in [5, 5.41) is 4.19. The van der Waals surface area contributed by atoms with Gasteiger partial charge in [-0.3, -0.25) is 0 Å². The number of aromatic nitrogens is 2. The summed E-state index contributed by atoms with van der Waals surface area (Å²) < 4.78 is 36.4. The van der Waals surface area contributed by atoms with Crippen LogP contribution in [0, 0.1) is 11.6 Å². The highest BCUT2D eigenvalue weighted by molar-refractivity contribution is 5.94. The van der Waals surface area contributed by atoms with Gasteiger partial charge < -0.3 is 25.6 Å². The summed E-state index contributed by atoms with van der Waals surface area (Å²) in [7, 11) is 3.99. The maximum absolute atomic E-state index is 15.9. The molecule has 2 bridgehead atoms. The third kappa shape index (κ3) is 4.37. The Balaban J connectivity index is 1.59. The first-order valence-corrected chi connectivity index (χ1v) is 11.7. The highest BCUT2D eigenvalue weighted by Gasteiger charge is 2.34. The number of fused-ring (bicyclic) bond motifs is 3. The van der Waals surface area contributed by atoms with Gasteiger partial charge in [0.25, 0.3) is 0 Å². The molecule has 3 heterocycles. The summed E-state index contributed by atoms with van der Waals surface area (Å²) in [6.45, 7) is 2.84. The highest BCUT2D eigenvalue weighted by atomic mass is 19.1. The molecule has 2 aromatic carbocycles. The highest BCUT2D eigenvalue weighted by Crippen LogP contribution is 2.37. The number of hydrogen-bond acceptors (Lipinski definition) is 7. The van der Waals surface area contributed by atoms with Gasteiger partial charge in [0.2, 0.25) is 0 Å². The molecule has 0 radical (unpaired) electrons. The van der Waals surface area contributed by atoms with E-state index in [0.29, 0.717) is 29.9 Å². The molecule has 2 aliphatic heterocycles. The molecule has 3 aromatic rings. The van der Waals surface area contributed by atoms with E-state index in [-0.39, 0.29) is 28.3 Å². The minimum atomic E-state index is -0.630. The fraction of sp³-hybridized carbons (Fsp3) is 0.440. The molecular formula is C25H30F2N6O. The van der Waals surface area contributed by atoms with Crippen LogP contribution in [0.3, 0.4) is 0 Å². The van der Waals surface area contributed by atoms with Crippen LogP contribution in [0.15, 0.2) is 30.3 Å². The molecule has 0 saturated carbocycles. The average molecular weight is 469 g/mol. The van der Waals surface area contributed by atoms with Crippen molar-refractivity contribution in [2.75, 3.05) is 51.0 Å². The number of nitrogens with one attached hydrogen (secondary N) is 1. The SMILES string of the molecule is CN(C)CCCOc1nc(N2CC3CCC(C2)N3)c2ccc(-c3c(N)cccc3F)c(F)c2n1. The normalized spacial score (nSPS) is 19.9. The van der Waals surface area contributed by atoms with Crippen molar-refractivity contribution in [1.29, 1.82) is 0 Å². The second kappa shape index (κ2) is 9.31. The number of anilines is 2. The van der Waals surface area contributed by atoms with E-state index in [2.05, 4.69) is 20.1 Å². The number of nitrogens with zero attached hydrogens (tertiary/aromatic N) is 4. The molecule has 2 atom stereocenters. The van der Waals surface area contributed by atoms with Gasteiger partial charge in [-0.25, -0.2) is 8.78 Å². The van der Waals surface area contributed by atoms with Crippen molar-refractivity contribution in [3.8, 4) is 17.1 Å². The van der Waals surface area contributed by atoms with Crippen molar-refractivity contribution in [3.05, 3.63) is 42.0 Å². The number of halogens is 2. The predicted octanol–water partition coefficient (Wildman–Crippen LogP) is 3.43. The zero-order valence-corrected chi connectivity index (χ0v) is 19.5. The van der Waals surface area contributed by atoms with Crippen molar-refractivity contribution in [2.24, 2.45) is 0 Å². The van der Waals surface area contributed by atoms with Crippen LogP contribution in [0.1, 0.15) is 19.3 Å². The van der Waals surface area contributed by atoms with E-state index in [4.69, 9.17) is 15.5 Å². The number of rotatable bonds is 7. The molecule has 2 saturated heterocycles. The molecule has 0 spiro atoms. The van der Waals surface area contributed by atoms with Gasteiger partial charge in [0.05, 0.1) is 6.61 Å². The topological polar surface area (TPSA) is 79.5 Å². The molecule has 2 aliphatic rings. The van der Waals surface area contributed by atoms with Crippen LogP contribution >= 0.6 is 0 Å². The van der Waals surface area contributed by atoms with Gasteiger partial charge in [-0.05, 0) is 51.6 Å². The van der Waals surface area contributed by atoms with E-state index >= 15 is 4.39 Å². The lowest BCUT2D eigenvalue weighted by Crippen LogP contribution is -2.51. The van der Waals surface area contributed by atoms with E-state index in [1.54, 1.807) is 18.2 Å². The van der Waals surface area contributed by atoms with Gasteiger partial charge >= 0.3 is 6.01 Å². The summed E-state index contributed by atoms with van der Waals surface area (Å²) in [5.74, 6) is -0.557. The summed E-state index contributed by atoms with van der Waals surface area (Å²) in [5.41, 5.74) is 6.40. The van der Waals surface area contributed by atoms with Crippen LogP contribution in [0.5, 0.6) is 6.01 Å². The maximum atomic E-state index is 15.9. The lowest BCUT2D eigenvalue weighted by molar-refractivity contribution is 0.264. The molecule has 1 aromatic heterocycles. The molecule has 7 nitrogen and oxygen atoms in total. The number of nitrogen functional groups attached to an aromatic ring is 1. The zero-order chi connectivity index (χ0) is 23.8. The van der Waals surface area contributed by atoms with Crippen molar-refractivity contribution in [1.82, 2.24) is 20.2 Å². The van der Waals surface area contributed by atoms with Crippen molar-refractivity contribution >= 4 is 22.4 Å². The minimum Gasteiger partial charge on any atom is -0.463 e. The Labute approximate surface area is 197 Å². The summed E-state index contributed by atoms with van der Waals surface area (Å²) in [6.07, 6.45) is 3.02. The second-order valence-corrected chi connectivity index (χ2v) is 9.41. The molecule has 2 unspecified atom stereocenters. The second-order valence-electron chi connectivity index (χ2n) is 9.41. The molecule has 0 aliphatic carbocycles. The van der Waals surface area contributed by atoms with Crippen LogP contribution in [0.2, 0.25) is 0 Å². The van der Waals surface area contributed by atoms with Crippen LogP contribution < -0.4 is 20.7 Å². The Bertz CT molecular complexity index is 1170. The van der Waals surface area contributed by atoms with E-state index in [1.807, 2.05) is 14.1 Å². The monoisotopic (exact) mass is 468 g/mol. The van der Waals surface area contributed by atoms with Crippen molar-refractivity contribution < 1.29 is 13.5 Å². The van der Waals surface area contributed by atoms with Gasteiger partial charge in [0.1, 0.15) is 17.2 Å². The molecular weight excluding hydrogens is 438 g/mol. The Kier molecular flexibility index (Phi) is 6.22. The lowest BCUT2D eigenvalue weighted by Gasteiger charge is -2.34. The van der Waals surface area contributed by atoms with E-state index < -0.39 is 11.6 Å². The fourth-order valence-electron chi connectivity index (χ4n) is 4.96. The van der Waals surface area contributed by atoms with Gasteiger partial charge in [0.15, 0.2) is 5.82 Å². The number of ether oxygens (including phenoxy) is 1. The Hall–Kier alpha value is -3.04. The first-order valence-electron chi connectivity index (χ1n) is 11.7. The van der Waals surface area contributed by atoms with E-state index in [1.165, 1.54) is 12.1 Å². The smallest absolute Gasteiger partial charge is 0.319 e. The van der Waals surface area contributed by atoms with Crippen LogP contribution in [0.4, 0.5) is 20.3 Å². The van der Waals surface area contributed by atoms with Crippen molar-refractivity contribution in [3.63, 3.8) is 0 Å². The first kappa shape index (κ1) is 22.7. The molecule has 3 N–H and O–H groups in total. The maximum Gasteiger partial charge on any atom is 0.319 e. The van der Waals surface area contributed by atoms with E-state index in [0.717, 1.165) is 38.9 Å². The van der Waals surface area contributed by atoms with Gasteiger partial charge in [-0.1, -0.05) is 12.1 Å². The van der Waals surface area contributed by atoms with Gasteiger partial charge in [-0.15, -0.1) is 0 Å². The average Bonchev–Trinajstić information content (AvgIpc) is 3.15. The third-order valence-corrected chi connectivity index (χ3v) is 6.58. The Morgan fingerprint density at radius 2 is 1.88 bits per heavy atom. The van der Waals surface area contributed by atoms with Crippen LogP contribution in [-0.2, 0) is 0 Å². The molecule has 34 heavy (non-hydrogen) atoms. The Morgan fingerprint density at radius 1 is 1.12 bits per heavy atom. The third-order valence-electron chi connectivity index (χ3n) is 6.58. The Morgan fingerprint density at radius 3 is 2.59 bits per heavy atom. The quantitative estimate of drug-likeness (QED) is 0.406. The van der Waals surface area contributed by atoms with Crippen molar-refractivity contribution in [2.45, 2.75) is 31.3 Å². The molecule has 2 fully saturated rings. The lowest BCUT2D eigenvalue weighted by atomic mass is 10.0. The minimum absolute atomic E-state index is 0.0377. The molecule has 180 valence electrons. The van der Waals surface area contributed by atoms with E-state index in [9.17, 15) is 4.39 Å². The van der Waals surface area contributed by atoms with Gasteiger partial charge in [-0.2, -0.15) is 9.97 Å². The molecule has 5 rings (SSSR count). The predicted molar refractivity (Wildman–Crippen MR) is 130 cm³/mol. The summed E-state index contributed by atoms with van der Waals surface area (Å²) >= 11 is 0. The number of piperazine rings is 1. The number of nitrogens with two attached hydrogens (primary N) is 1. The molecule has 9 heteroatoms. The zero-order valence-electron chi connectivity index (χ0n) is 19.5.